The Morgan fingerprint density at radius 2 is 1.91 bits per heavy atom. The minimum absolute atomic E-state index is 0. The summed E-state index contributed by atoms with van der Waals surface area (Å²) in [7, 11) is 0. The zero-order valence-corrected chi connectivity index (χ0v) is 15.3. The molecule has 4 heteroatoms. The molecule has 23 heavy (non-hydrogen) atoms. The lowest BCUT2D eigenvalue weighted by atomic mass is 9.78. The molecule has 1 aromatic carbocycles. The van der Waals surface area contributed by atoms with Gasteiger partial charge in [-0.25, -0.2) is 0 Å². The van der Waals surface area contributed by atoms with E-state index in [1.807, 2.05) is 24.3 Å². The summed E-state index contributed by atoms with van der Waals surface area (Å²) in [6.07, 6.45) is 7.60. The molecular weight excluding hydrogens is 308 g/mol. The van der Waals surface area contributed by atoms with Crippen molar-refractivity contribution in [2.24, 2.45) is 11.3 Å². The third kappa shape index (κ3) is 6.06. The predicted molar refractivity (Wildman–Crippen MR) is 99.8 cm³/mol. The van der Waals surface area contributed by atoms with Crippen LogP contribution < -0.4 is 11.1 Å². The summed E-state index contributed by atoms with van der Waals surface area (Å²) in [6.45, 7) is 5.40. The van der Waals surface area contributed by atoms with Crippen molar-refractivity contribution in [1.29, 1.82) is 0 Å². The van der Waals surface area contributed by atoms with Gasteiger partial charge >= 0.3 is 0 Å². The zero-order chi connectivity index (χ0) is 16.0. The van der Waals surface area contributed by atoms with E-state index in [0.717, 1.165) is 24.2 Å². The number of anilines is 1. The van der Waals surface area contributed by atoms with Gasteiger partial charge in [-0.2, -0.15) is 0 Å². The lowest BCUT2D eigenvalue weighted by molar-refractivity contribution is -0.121. The number of nitrogen functional groups attached to an aromatic ring is 1. The number of benzene rings is 1. The van der Waals surface area contributed by atoms with Crippen molar-refractivity contribution in [1.82, 2.24) is 5.32 Å². The molecule has 0 aromatic heterocycles. The minimum Gasteiger partial charge on any atom is -0.399 e. The number of hydrogen-bond acceptors (Lipinski definition) is 2. The van der Waals surface area contributed by atoms with Gasteiger partial charge in [0, 0.05) is 18.7 Å². The molecule has 130 valence electrons. The monoisotopic (exact) mass is 338 g/mol. The minimum atomic E-state index is 0. The van der Waals surface area contributed by atoms with Crippen LogP contribution in [0.15, 0.2) is 24.3 Å². The average Bonchev–Trinajstić information content (AvgIpc) is 2.92. The van der Waals surface area contributed by atoms with Crippen molar-refractivity contribution < 1.29 is 4.79 Å². The van der Waals surface area contributed by atoms with E-state index in [1.54, 1.807) is 0 Å². The van der Waals surface area contributed by atoms with Crippen molar-refractivity contribution in [2.75, 3.05) is 12.3 Å². The number of nitrogens with two attached hydrogens (primary N) is 1. The van der Waals surface area contributed by atoms with Gasteiger partial charge in [-0.15, -0.1) is 12.4 Å². The number of para-hydroxylation sites is 1. The van der Waals surface area contributed by atoms with Crippen LogP contribution in [0.25, 0.3) is 0 Å². The largest absolute Gasteiger partial charge is 0.399 e. The Morgan fingerprint density at radius 3 is 2.52 bits per heavy atom. The first kappa shape index (κ1) is 19.8. The van der Waals surface area contributed by atoms with Crippen LogP contribution >= 0.6 is 12.4 Å². The van der Waals surface area contributed by atoms with Gasteiger partial charge in [0.25, 0.3) is 0 Å². The Bertz CT molecular complexity index is 496. The molecule has 0 unspecified atom stereocenters. The van der Waals surface area contributed by atoms with Crippen LogP contribution in [0.1, 0.15) is 57.9 Å². The van der Waals surface area contributed by atoms with Crippen LogP contribution in [-0.4, -0.2) is 12.5 Å². The summed E-state index contributed by atoms with van der Waals surface area (Å²) in [5.41, 5.74) is 8.11. The second-order valence-electron chi connectivity index (χ2n) is 7.28. The predicted octanol–water partition coefficient (Wildman–Crippen LogP) is 4.35. The second-order valence-corrected chi connectivity index (χ2v) is 7.28. The number of carbonyl (C=O) groups excluding carboxylic acids is 1. The molecule has 0 spiro atoms. The number of nitrogens with one attached hydrogen (secondary N) is 1. The Morgan fingerprint density at radius 1 is 1.26 bits per heavy atom. The van der Waals surface area contributed by atoms with Crippen molar-refractivity contribution in [3.63, 3.8) is 0 Å². The molecule has 1 saturated carbocycles. The van der Waals surface area contributed by atoms with Gasteiger partial charge in [0.2, 0.25) is 5.91 Å². The van der Waals surface area contributed by atoms with Gasteiger partial charge in [0.15, 0.2) is 0 Å². The summed E-state index contributed by atoms with van der Waals surface area (Å²) in [5.74, 6) is 0.845. The molecule has 1 aliphatic carbocycles. The van der Waals surface area contributed by atoms with E-state index < -0.39 is 0 Å². The van der Waals surface area contributed by atoms with Crippen molar-refractivity contribution >= 4 is 24.0 Å². The van der Waals surface area contributed by atoms with E-state index in [1.165, 1.54) is 32.1 Å². The number of rotatable bonds is 7. The van der Waals surface area contributed by atoms with Crippen LogP contribution in [-0.2, 0) is 11.2 Å². The summed E-state index contributed by atoms with van der Waals surface area (Å²) in [4.78, 5) is 12.2. The molecule has 0 radical (unpaired) electrons. The van der Waals surface area contributed by atoms with Crippen LogP contribution in [0.2, 0.25) is 0 Å². The first-order valence-electron chi connectivity index (χ1n) is 8.61. The molecule has 0 bridgehead atoms. The fourth-order valence-electron chi connectivity index (χ4n) is 3.83. The third-order valence-electron chi connectivity index (χ3n) is 4.84. The molecule has 1 amide bonds. The lowest BCUT2D eigenvalue weighted by Gasteiger charge is -2.31. The molecule has 1 aromatic rings. The highest BCUT2D eigenvalue weighted by Gasteiger charge is 2.34. The van der Waals surface area contributed by atoms with Gasteiger partial charge in [0.1, 0.15) is 0 Å². The van der Waals surface area contributed by atoms with Crippen LogP contribution in [0, 0.1) is 11.3 Å². The average molecular weight is 339 g/mol. The smallest absolute Gasteiger partial charge is 0.220 e. The van der Waals surface area contributed by atoms with Gasteiger partial charge in [-0.3, -0.25) is 4.79 Å². The van der Waals surface area contributed by atoms with Crippen LogP contribution in [0.4, 0.5) is 5.69 Å². The second kappa shape index (κ2) is 9.17. The Balaban J connectivity index is 0.00000264. The highest BCUT2D eigenvalue weighted by atomic mass is 35.5. The number of amides is 1. The number of carbonyl (C=O) groups is 1. The quantitative estimate of drug-likeness (QED) is 0.726. The number of hydrogen-bond donors (Lipinski definition) is 2. The molecule has 0 heterocycles. The van der Waals surface area contributed by atoms with Gasteiger partial charge < -0.3 is 11.1 Å². The molecule has 0 atom stereocenters. The van der Waals surface area contributed by atoms with Crippen molar-refractivity contribution in [2.45, 2.75) is 58.8 Å². The van der Waals surface area contributed by atoms with Crippen LogP contribution in [0.3, 0.4) is 0 Å². The maximum absolute atomic E-state index is 12.2. The molecule has 3 N–H and O–H groups in total. The maximum Gasteiger partial charge on any atom is 0.220 e. The lowest BCUT2D eigenvalue weighted by Crippen LogP contribution is -2.37. The van der Waals surface area contributed by atoms with Gasteiger partial charge in [0.05, 0.1) is 0 Å². The van der Waals surface area contributed by atoms with E-state index in [-0.39, 0.29) is 18.3 Å². The zero-order valence-electron chi connectivity index (χ0n) is 14.4. The first-order chi connectivity index (χ1) is 10.5. The highest BCUT2D eigenvalue weighted by Crippen LogP contribution is 2.42. The fraction of sp³-hybridized carbons (Fsp3) is 0.632. The number of halogens is 1. The highest BCUT2D eigenvalue weighted by molar-refractivity contribution is 5.85. The van der Waals surface area contributed by atoms with Gasteiger partial charge in [-0.05, 0) is 48.6 Å². The fourth-order valence-corrected chi connectivity index (χ4v) is 3.83. The van der Waals surface area contributed by atoms with E-state index in [0.29, 0.717) is 17.8 Å². The maximum atomic E-state index is 12.2. The molecule has 0 aliphatic heterocycles. The molecule has 3 nitrogen and oxygen atoms in total. The topological polar surface area (TPSA) is 55.1 Å². The molecule has 2 rings (SSSR count). The molecule has 1 fully saturated rings. The van der Waals surface area contributed by atoms with E-state index in [9.17, 15) is 4.79 Å². The Kier molecular flexibility index (Phi) is 7.90. The molecular formula is C19H31ClN2O. The van der Waals surface area contributed by atoms with Gasteiger partial charge in [-0.1, -0.05) is 44.9 Å². The summed E-state index contributed by atoms with van der Waals surface area (Å²) < 4.78 is 0. The summed E-state index contributed by atoms with van der Waals surface area (Å²) in [6, 6.07) is 7.79. The Labute approximate surface area is 146 Å². The SMILES string of the molecule is CC(C)CC1(CNC(=O)CCc2ccccc2N)CCCC1.Cl. The van der Waals surface area contributed by atoms with Crippen molar-refractivity contribution in [3.8, 4) is 0 Å². The molecule has 0 saturated heterocycles. The van der Waals surface area contributed by atoms with E-state index >= 15 is 0 Å². The van der Waals surface area contributed by atoms with Crippen LogP contribution in [0.5, 0.6) is 0 Å². The standard InChI is InChI=1S/C19H30N2O.ClH/c1-15(2)13-19(11-5-6-12-19)14-21-18(22)10-9-16-7-3-4-8-17(16)20;/h3-4,7-8,15H,5-6,9-14,20H2,1-2H3,(H,21,22);1H. The Hall–Kier alpha value is -1.22. The summed E-state index contributed by atoms with van der Waals surface area (Å²) in [5, 5.41) is 3.18. The van der Waals surface area contributed by atoms with E-state index in [2.05, 4.69) is 19.2 Å². The first-order valence-corrected chi connectivity index (χ1v) is 8.61. The molecule has 1 aliphatic rings. The third-order valence-corrected chi connectivity index (χ3v) is 4.84. The summed E-state index contributed by atoms with van der Waals surface area (Å²) >= 11 is 0. The number of aryl methyl sites for hydroxylation is 1. The van der Waals surface area contributed by atoms with Crippen molar-refractivity contribution in [3.05, 3.63) is 29.8 Å². The van der Waals surface area contributed by atoms with E-state index in [4.69, 9.17) is 5.73 Å². The normalized spacial score (nSPS) is 16.1.